The van der Waals surface area contributed by atoms with Crippen LogP contribution in [0.3, 0.4) is 0 Å². The van der Waals surface area contributed by atoms with E-state index >= 15 is 0 Å². The highest BCUT2D eigenvalue weighted by atomic mass is 35.5. The zero-order valence-corrected chi connectivity index (χ0v) is 22.2. The van der Waals surface area contributed by atoms with Gasteiger partial charge < -0.3 is 15.0 Å². The number of ether oxygens (including phenoxy) is 1. The van der Waals surface area contributed by atoms with Crippen molar-refractivity contribution >= 4 is 62.3 Å². The van der Waals surface area contributed by atoms with Crippen LogP contribution in [-0.2, 0) is 26.2 Å². The van der Waals surface area contributed by atoms with Crippen LogP contribution >= 0.6 is 34.8 Å². The predicted molar refractivity (Wildman–Crippen MR) is 135 cm³/mol. The number of anilines is 1. The molecule has 0 bridgehead atoms. The molecule has 0 spiro atoms. The molecule has 2 aromatic carbocycles. The number of benzene rings is 2. The van der Waals surface area contributed by atoms with Gasteiger partial charge >= 0.3 is 0 Å². The molecule has 1 atom stereocenters. The standard InChI is InChI=1S/C22H26Cl3N3O5S/c1-5-19(22(30)26-2)27(12-14-6-8-16(23)17(24)10-14)21(29)13-28(34(4,31)32)15-7-9-20(33-3)18(25)11-15/h6-11,19H,5,12-13H2,1-4H3,(H,26,30). The van der Waals surface area contributed by atoms with Crippen molar-refractivity contribution in [2.45, 2.75) is 25.9 Å². The lowest BCUT2D eigenvalue weighted by Crippen LogP contribution is -2.51. The number of likely N-dealkylation sites (N-methyl/N-ethyl adjacent to an activating group) is 1. The molecule has 0 radical (unpaired) electrons. The van der Waals surface area contributed by atoms with Gasteiger partial charge in [0, 0.05) is 13.6 Å². The van der Waals surface area contributed by atoms with E-state index in [1.54, 1.807) is 25.1 Å². The van der Waals surface area contributed by atoms with Crippen molar-refractivity contribution in [3.05, 3.63) is 57.0 Å². The zero-order valence-electron chi connectivity index (χ0n) is 19.1. The molecular weight excluding hydrogens is 525 g/mol. The molecular formula is C22H26Cl3N3O5S. The Bertz CT molecular complexity index is 1160. The summed E-state index contributed by atoms with van der Waals surface area (Å²) in [6, 6.07) is 8.42. The van der Waals surface area contributed by atoms with E-state index in [1.807, 2.05) is 0 Å². The average molecular weight is 551 g/mol. The van der Waals surface area contributed by atoms with Crippen molar-refractivity contribution in [3.63, 3.8) is 0 Å². The fraction of sp³-hybridized carbons (Fsp3) is 0.364. The second-order valence-corrected chi connectivity index (χ2v) is 10.5. The van der Waals surface area contributed by atoms with Gasteiger partial charge in [0.15, 0.2) is 0 Å². The van der Waals surface area contributed by atoms with Crippen LogP contribution in [0.5, 0.6) is 5.75 Å². The SMILES string of the molecule is CCC(C(=O)NC)N(Cc1ccc(Cl)c(Cl)c1)C(=O)CN(c1ccc(OC)c(Cl)c1)S(C)(=O)=O. The van der Waals surface area contributed by atoms with Gasteiger partial charge in [-0.1, -0.05) is 47.8 Å². The van der Waals surface area contributed by atoms with E-state index in [4.69, 9.17) is 39.5 Å². The fourth-order valence-electron chi connectivity index (χ4n) is 3.34. The molecule has 2 rings (SSSR count). The van der Waals surface area contributed by atoms with E-state index in [2.05, 4.69) is 5.32 Å². The zero-order chi connectivity index (χ0) is 25.6. The average Bonchev–Trinajstić information content (AvgIpc) is 2.78. The quantitative estimate of drug-likeness (QED) is 0.483. The number of carbonyl (C=O) groups excluding carboxylic acids is 2. The number of hydrogen-bond donors (Lipinski definition) is 1. The predicted octanol–water partition coefficient (Wildman–Crippen LogP) is 3.97. The summed E-state index contributed by atoms with van der Waals surface area (Å²) in [5.74, 6) is -0.606. The molecule has 0 saturated heterocycles. The molecule has 2 aromatic rings. The van der Waals surface area contributed by atoms with Gasteiger partial charge in [-0.05, 0) is 42.3 Å². The van der Waals surface area contributed by atoms with Gasteiger partial charge in [-0.25, -0.2) is 8.42 Å². The monoisotopic (exact) mass is 549 g/mol. The summed E-state index contributed by atoms with van der Waals surface area (Å²) in [6.07, 6.45) is 1.29. The Hall–Kier alpha value is -2.20. The molecule has 0 aliphatic heterocycles. The summed E-state index contributed by atoms with van der Waals surface area (Å²) >= 11 is 18.3. The summed E-state index contributed by atoms with van der Waals surface area (Å²) in [7, 11) is -0.978. The van der Waals surface area contributed by atoms with E-state index in [1.165, 1.54) is 37.3 Å². The highest BCUT2D eigenvalue weighted by Crippen LogP contribution is 2.30. The maximum atomic E-state index is 13.5. The molecule has 0 aliphatic carbocycles. The van der Waals surface area contributed by atoms with E-state index in [0.717, 1.165) is 10.6 Å². The van der Waals surface area contributed by atoms with Crippen LogP contribution < -0.4 is 14.4 Å². The third-order valence-electron chi connectivity index (χ3n) is 5.07. The third-order valence-corrected chi connectivity index (χ3v) is 7.25. The molecule has 186 valence electrons. The number of hydrogen-bond acceptors (Lipinski definition) is 5. The summed E-state index contributed by atoms with van der Waals surface area (Å²) in [6.45, 7) is 1.23. The Labute approximate surface area is 214 Å². The van der Waals surface area contributed by atoms with Crippen molar-refractivity contribution in [2.24, 2.45) is 0 Å². The Morgan fingerprint density at radius 3 is 2.24 bits per heavy atom. The Morgan fingerprint density at radius 1 is 1.06 bits per heavy atom. The Kier molecular flexibility index (Phi) is 9.87. The maximum Gasteiger partial charge on any atom is 0.244 e. The van der Waals surface area contributed by atoms with Gasteiger partial charge in [-0.15, -0.1) is 0 Å². The van der Waals surface area contributed by atoms with E-state index in [0.29, 0.717) is 27.8 Å². The lowest BCUT2D eigenvalue weighted by Gasteiger charge is -2.32. The molecule has 2 amide bonds. The highest BCUT2D eigenvalue weighted by Gasteiger charge is 2.31. The van der Waals surface area contributed by atoms with Crippen LogP contribution in [0.1, 0.15) is 18.9 Å². The number of halogens is 3. The minimum Gasteiger partial charge on any atom is -0.495 e. The van der Waals surface area contributed by atoms with Gasteiger partial charge in [0.1, 0.15) is 18.3 Å². The normalized spacial score (nSPS) is 12.1. The van der Waals surface area contributed by atoms with Crippen LogP contribution in [0.25, 0.3) is 0 Å². The lowest BCUT2D eigenvalue weighted by molar-refractivity contribution is -0.140. The second kappa shape index (κ2) is 12.0. The first-order valence-electron chi connectivity index (χ1n) is 10.2. The fourth-order valence-corrected chi connectivity index (χ4v) is 4.76. The van der Waals surface area contributed by atoms with Crippen molar-refractivity contribution in [3.8, 4) is 5.75 Å². The molecule has 8 nitrogen and oxygen atoms in total. The molecule has 0 fully saturated rings. The first-order chi connectivity index (χ1) is 15.9. The minimum atomic E-state index is -3.88. The van der Waals surface area contributed by atoms with E-state index in [9.17, 15) is 18.0 Å². The molecule has 1 N–H and O–H groups in total. The van der Waals surface area contributed by atoms with E-state index in [-0.39, 0.29) is 23.2 Å². The number of sulfonamides is 1. The topological polar surface area (TPSA) is 96.0 Å². The van der Waals surface area contributed by atoms with Crippen LogP contribution in [-0.4, -0.2) is 58.1 Å². The smallest absolute Gasteiger partial charge is 0.244 e. The molecule has 1 unspecified atom stereocenters. The molecule has 0 heterocycles. The summed E-state index contributed by atoms with van der Waals surface area (Å²) in [5, 5.41) is 3.38. The molecule has 0 aliphatic rings. The molecule has 0 saturated carbocycles. The number of nitrogens with one attached hydrogen (secondary N) is 1. The number of nitrogens with zero attached hydrogens (tertiary/aromatic N) is 2. The number of carbonyl (C=O) groups is 2. The van der Waals surface area contributed by atoms with Crippen LogP contribution in [0.15, 0.2) is 36.4 Å². The summed E-state index contributed by atoms with van der Waals surface area (Å²) in [4.78, 5) is 27.4. The second-order valence-electron chi connectivity index (χ2n) is 7.40. The third kappa shape index (κ3) is 6.91. The van der Waals surface area contributed by atoms with Crippen LogP contribution in [0.4, 0.5) is 5.69 Å². The van der Waals surface area contributed by atoms with Crippen LogP contribution in [0, 0.1) is 0 Å². The first-order valence-corrected chi connectivity index (χ1v) is 13.2. The first kappa shape index (κ1) is 28.0. The van der Waals surface area contributed by atoms with Crippen molar-refractivity contribution in [2.75, 3.05) is 31.3 Å². The summed E-state index contributed by atoms with van der Waals surface area (Å²) in [5.41, 5.74) is 0.813. The molecule has 0 aromatic heterocycles. The lowest BCUT2D eigenvalue weighted by atomic mass is 10.1. The summed E-state index contributed by atoms with van der Waals surface area (Å²) < 4.78 is 31.2. The van der Waals surface area contributed by atoms with Crippen LogP contribution in [0.2, 0.25) is 15.1 Å². The molecule has 34 heavy (non-hydrogen) atoms. The number of rotatable bonds is 10. The van der Waals surface area contributed by atoms with Gasteiger partial charge in [0.2, 0.25) is 21.8 Å². The van der Waals surface area contributed by atoms with Crippen molar-refractivity contribution < 1.29 is 22.7 Å². The van der Waals surface area contributed by atoms with E-state index < -0.39 is 28.5 Å². The van der Waals surface area contributed by atoms with Gasteiger partial charge in [-0.3, -0.25) is 13.9 Å². The van der Waals surface area contributed by atoms with Crippen molar-refractivity contribution in [1.29, 1.82) is 0 Å². The largest absolute Gasteiger partial charge is 0.495 e. The number of amides is 2. The molecule has 12 heteroatoms. The van der Waals surface area contributed by atoms with Gasteiger partial charge in [0.25, 0.3) is 0 Å². The number of methoxy groups -OCH3 is 1. The van der Waals surface area contributed by atoms with Gasteiger partial charge in [0.05, 0.1) is 34.1 Å². The highest BCUT2D eigenvalue weighted by molar-refractivity contribution is 7.92. The Balaban J connectivity index is 2.47. The van der Waals surface area contributed by atoms with Gasteiger partial charge in [-0.2, -0.15) is 0 Å². The minimum absolute atomic E-state index is 0.0165. The maximum absolute atomic E-state index is 13.5. The Morgan fingerprint density at radius 2 is 1.74 bits per heavy atom. The van der Waals surface area contributed by atoms with Crippen molar-refractivity contribution in [1.82, 2.24) is 10.2 Å².